The third kappa shape index (κ3) is 3.26. The lowest BCUT2D eigenvalue weighted by Crippen LogP contribution is -2.20. The Morgan fingerprint density at radius 3 is 2.75 bits per heavy atom. The van der Waals surface area contributed by atoms with Gasteiger partial charge in [-0.15, -0.1) is 0 Å². The van der Waals surface area contributed by atoms with Gasteiger partial charge in [-0.1, -0.05) is 20.3 Å². The van der Waals surface area contributed by atoms with Crippen molar-refractivity contribution in [1.29, 1.82) is 0 Å². The molecular formula is C13H20N2O. The Balaban J connectivity index is 2.69. The van der Waals surface area contributed by atoms with Crippen molar-refractivity contribution in [2.45, 2.75) is 33.6 Å². The molecule has 0 saturated carbocycles. The van der Waals surface area contributed by atoms with Gasteiger partial charge in [-0.25, -0.2) is 0 Å². The first-order valence-electron chi connectivity index (χ1n) is 5.71. The van der Waals surface area contributed by atoms with Gasteiger partial charge in [-0.3, -0.25) is 4.79 Å². The maximum absolute atomic E-state index is 11.8. The molecule has 0 aromatic heterocycles. The fourth-order valence-corrected chi connectivity index (χ4v) is 1.65. The third-order valence-electron chi connectivity index (χ3n) is 2.68. The molecule has 0 aliphatic carbocycles. The molecule has 0 saturated heterocycles. The highest BCUT2D eigenvalue weighted by Crippen LogP contribution is 2.19. The van der Waals surface area contributed by atoms with Crippen molar-refractivity contribution in [1.82, 2.24) is 0 Å². The second-order valence-corrected chi connectivity index (χ2v) is 4.25. The molecule has 0 radical (unpaired) electrons. The van der Waals surface area contributed by atoms with Crippen LogP contribution in [0, 0.1) is 12.8 Å². The van der Waals surface area contributed by atoms with E-state index in [0.717, 1.165) is 29.8 Å². The first-order valence-corrected chi connectivity index (χ1v) is 5.71. The summed E-state index contributed by atoms with van der Waals surface area (Å²) < 4.78 is 0. The Bertz CT molecular complexity index is 374. The lowest BCUT2D eigenvalue weighted by atomic mass is 10.0. The number of hydrogen-bond donors (Lipinski definition) is 2. The Hall–Kier alpha value is -1.51. The van der Waals surface area contributed by atoms with E-state index in [1.54, 1.807) is 6.07 Å². The van der Waals surface area contributed by atoms with Crippen LogP contribution in [0.5, 0.6) is 0 Å². The normalized spacial score (nSPS) is 12.2. The SMILES string of the molecule is CCC[C@H](C)C(=O)Nc1ccc(N)cc1C. The summed E-state index contributed by atoms with van der Waals surface area (Å²) in [4.78, 5) is 11.8. The van der Waals surface area contributed by atoms with Crippen LogP contribution in [0.1, 0.15) is 32.3 Å². The van der Waals surface area contributed by atoms with Gasteiger partial charge in [0, 0.05) is 17.3 Å². The van der Waals surface area contributed by atoms with Crippen LogP contribution in [0.2, 0.25) is 0 Å². The standard InChI is InChI=1S/C13H20N2O/c1-4-5-9(2)13(16)15-12-7-6-11(14)8-10(12)3/h6-9H,4-5,14H2,1-3H3,(H,15,16)/t9-/m0/s1. The molecular weight excluding hydrogens is 200 g/mol. The minimum absolute atomic E-state index is 0.0574. The van der Waals surface area contributed by atoms with Gasteiger partial charge in [0.1, 0.15) is 0 Å². The van der Waals surface area contributed by atoms with Crippen molar-refractivity contribution in [2.75, 3.05) is 11.1 Å². The van der Waals surface area contributed by atoms with Crippen LogP contribution in [-0.4, -0.2) is 5.91 Å². The third-order valence-corrected chi connectivity index (χ3v) is 2.68. The van der Waals surface area contributed by atoms with E-state index in [4.69, 9.17) is 5.73 Å². The molecule has 0 aliphatic rings. The number of rotatable bonds is 4. The Morgan fingerprint density at radius 2 is 2.19 bits per heavy atom. The highest BCUT2D eigenvalue weighted by atomic mass is 16.1. The summed E-state index contributed by atoms with van der Waals surface area (Å²) >= 11 is 0. The number of amides is 1. The number of carbonyl (C=O) groups is 1. The first-order chi connectivity index (χ1) is 7.54. The molecule has 1 rings (SSSR count). The van der Waals surface area contributed by atoms with Crippen molar-refractivity contribution >= 4 is 17.3 Å². The largest absolute Gasteiger partial charge is 0.399 e. The molecule has 0 heterocycles. The zero-order chi connectivity index (χ0) is 12.1. The van der Waals surface area contributed by atoms with Gasteiger partial charge in [-0.2, -0.15) is 0 Å². The highest BCUT2D eigenvalue weighted by molar-refractivity contribution is 5.93. The van der Waals surface area contributed by atoms with Crippen molar-refractivity contribution in [2.24, 2.45) is 5.92 Å². The first kappa shape index (κ1) is 12.6. The molecule has 16 heavy (non-hydrogen) atoms. The van der Waals surface area contributed by atoms with E-state index in [1.165, 1.54) is 0 Å². The van der Waals surface area contributed by atoms with Crippen molar-refractivity contribution < 1.29 is 4.79 Å². The quantitative estimate of drug-likeness (QED) is 0.766. The summed E-state index contributed by atoms with van der Waals surface area (Å²) in [7, 11) is 0. The van der Waals surface area contributed by atoms with Gasteiger partial charge in [0.25, 0.3) is 0 Å². The number of carbonyl (C=O) groups excluding carboxylic acids is 1. The van der Waals surface area contributed by atoms with E-state index < -0.39 is 0 Å². The summed E-state index contributed by atoms with van der Waals surface area (Å²) in [6, 6.07) is 5.51. The predicted molar refractivity (Wildman–Crippen MR) is 68.3 cm³/mol. The summed E-state index contributed by atoms with van der Waals surface area (Å²) in [5.41, 5.74) is 8.22. The summed E-state index contributed by atoms with van der Waals surface area (Å²) in [6.07, 6.45) is 1.94. The van der Waals surface area contributed by atoms with Crippen LogP contribution in [0.25, 0.3) is 0 Å². The lowest BCUT2D eigenvalue weighted by molar-refractivity contribution is -0.119. The fraction of sp³-hybridized carbons (Fsp3) is 0.462. The molecule has 0 spiro atoms. The van der Waals surface area contributed by atoms with Gasteiger partial charge >= 0.3 is 0 Å². The Morgan fingerprint density at radius 1 is 1.50 bits per heavy atom. The topological polar surface area (TPSA) is 55.1 Å². The maximum atomic E-state index is 11.8. The van der Waals surface area contributed by atoms with Crippen LogP contribution in [-0.2, 0) is 4.79 Å². The van der Waals surface area contributed by atoms with Gasteiger partial charge in [0.15, 0.2) is 0 Å². The number of anilines is 2. The summed E-state index contributed by atoms with van der Waals surface area (Å²) in [6.45, 7) is 5.97. The fourth-order valence-electron chi connectivity index (χ4n) is 1.65. The smallest absolute Gasteiger partial charge is 0.227 e. The van der Waals surface area contributed by atoms with Crippen molar-refractivity contribution in [3.63, 3.8) is 0 Å². The monoisotopic (exact) mass is 220 g/mol. The molecule has 0 fully saturated rings. The van der Waals surface area contributed by atoms with E-state index in [1.807, 2.05) is 26.0 Å². The van der Waals surface area contributed by atoms with Crippen LogP contribution < -0.4 is 11.1 Å². The van der Waals surface area contributed by atoms with Crippen LogP contribution in [0.15, 0.2) is 18.2 Å². The van der Waals surface area contributed by atoms with E-state index >= 15 is 0 Å². The van der Waals surface area contributed by atoms with Gasteiger partial charge in [0.05, 0.1) is 0 Å². The molecule has 3 heteroatoms. The van der Waals surface area contributed by atoms with Gasteiger partial charge in [0.2, 0.25) is 5.91 Å². The number of nitrogens with one attached hydrogen (secondary N) is 1. The van der Waals surface area contributed by atoms with Crippen LogP contribution in [0.3, 0.4) is 0 Å². The molecule has 1 aromatic rings. The number of hydrogen-bond acceptors (Lipinski definition) is 2. The van der Waals surface area contributed by atoms with E-state index in [0.29, 0.717) is 0 Å². The molecule has 3 nitrogen and oxygen atoms in total. The van der Waals surface area contributed by atoms with Crippen LogP contribution >= 0.6 is 0 Å². The number of aryl methyl sites for hydroxylation is 1. The summed E-state index contributed by atoms with van der Waals surface area (Å²) in [5, 5.41) is 2.93. The second-order valence-electron chi connectivity index (χ2n) is 4.25. The molecule has 0 unspecified atom stereocenters. The van der Waals surface area contributed by atoms with Crippen molar-refractivity contribution in [3.05, 3.63) is 23.8 Å². The average Bonchev–Trinajstić information content (AvgIpc) is 2.22. The minimum Gasteiger partial charge on any atom is -0.399 e. The average molecular weight is 220 g/mol. The molecule has 1 aromatic carbocycles. The van der Waals surface area contributed by atoms with Gasteiger partial charge in [-0.05, 0) is 37.1 Å². The number of benzene rings is 1. The maximum Gasteiger partial charge on any atom is 0.227 e. The Kier molecular flexibility index (Phi) is 4.35. The number of nitrogen functional groups attached to an aromatic ring is 1. The molecule has 1 atom stereocenters. The number of nitrogens with two attached hydrogens (primary N) is 1. The van der Waals surface area contributed by atoms with Crippen molar-refractivity contribution in [3.8, 4) is 0 Å². The van der Waals surface area contributed by atoms with Gasteiger partial charge < -0.3 is 11.1 Å². The molecule has 0 aliphatic heterocycles. The highest BCUT2D eigenvalue weighted by Gasteiger charge is 2.12. The van der Waals surface area contributed by atoms with E-state index in [-0.39, 0.29) is 11.8 Å². The molecule has 3 N–H and O–H groups in total. The predicted octanol–water partition coefficient (Wildman–Crippen LogP) is 2.95. The Labute approximate surface area is 97.0 Å². The molecule has 88 valence electrons. The molecule has 1 amide bonds. The molecule has 0 bridgehead atoms. The zero-order valence-corrected chi connectivity index (χ0v) is 10.2. The summed E-state index contributed by atoms with van der Waals surface area (Å²) in [5.74, 6) is 0.136. The minimum atomic E-state index is 0.0574. The van der Waals surface area contributed by atoms with E-state index in [9.17, 15) is 4.79 Å². The van der Waals surface area contributed by atoms with Crippen LogP contribution in [0.4, 0.5) is 11.4 Å². The van der Waals surface area contributed by atoms with E-state index in [2.05, 4.69) is 12.2 Å². The second kappa shape index (κ2) is 5.54. The lowest BCUT2D eigenvalue weighted by Gasteiger charge is -2.13. The zero-order valence-electron chi connectivity index (χ0n) is 10.2.